The average molecular weight is 396 g/mol. The zero-order valence-corrected chi connectivity index (χ0v) is 16.7. The van der Waals surface area contributed by atoms with E-state index in [1.54, 1.807) is 30.5 Å². The SMILES string of the molecule is Cc1ccc(C#N)cc1Nc1nccc(-c2cc(C#N)c3c(c2)C(C)(CO)CN3)n1. The first-order valence-electron chi connectivity index (χ1n) is 9.52. The Kier molecular flexibility index (Phi) is 4.83. The van der Waals surface area contributed by atoms with Crippen LogP contribution in [-0.2, 0) is 5.41 Å². The highest BCUT2D eigenvalue weighted by Gasteiger charge is 2.35. The zero-order chi connectivity index (χ0) is 21.3. The third-order valence-corrected chi connectivity index (χ3v) is 5.48. The predicted molar refractivity (Wildman–Crippen MR) is 114 cm³/mol. The van der Waals surface area contributed by atoms with Crippen molar-refractivity contribution in [1.82, 2.24) is 9.97 Å². The summed E-state index contributed by atoms with van der Waals surface area (Å²) >= 11 is 0. The lowest BCUT2D eigenvalue weighted by Gasteiger charge is -2.21. The molecule has 30 heavy (non-hydrogen) atoms. The van der Waals surface area contributed by atoms with Crippen LogP contribution in [0.15, 0.2) is 42.6 Å². The van der Waals surface area contributed by atoms with Gasteiger partial charge in [0.15, 0.2) is 0 Å². The van der Waals surface area contributed by atoms with Gasteiger partial charge in [0.05, 0.1) is 35.2 Å². The van der Waals surface area contributed by atoms with E-state index in [-0.39, 0.29) is 6.61 Å². The Morgan fingerprint density at radius 1 is 1.20 bits per heavy atom. The number of rotatable bonds is 4. The summed E-state index contributed by atoms with van der Waals surface area (Å²) in [6, 6.07) is 15.3. The van der Waals surface area contributed by atoms with Gasteiger partial charge in [-0.25, -0.2) is 9.97 Å². The third-order valence-electron chi connectivity index (χ3n) is 5.48. The molecule has 148 valence electrons. The molecular weight excluding hydrogens is 376 g/mol. The van der Waals surface area contributed by atoms with Crippen LogP contribution in [0.3, 0.4) is 0 Å². The van der Waals surface area contributed by atoms with E-state index < -0.39 is 5.41 Å². The zero-order valence-electron chi connectivity index (χ0n) is 16.7. The standard InChI is InChI=1S/C23H20N6O/c1-14-3-4-15(10-24)7-20(14)29-22-26-6-5-19(28-22)16-8-17(11-25)21-18(9-16)23(2,13-30)12-27-21/h3-9,27,30H,12-13H2,1-2H3,(H,26,28,29). The molecule has 0 spiro atoms. The molecule has 2 aromatic carbocycles. The summed E-state index contributed by atoms with van der Waals surface area (Å²) in [7, 11) is 0. The first kappa shape index (κ1) is 19.4. The lowest BCUT2D eigenvalue weighted by Crippen LogP contribution is -2.28. The van der Waals surface area contributed by atoms with E-state index in [0.29, 0.717) is 29.3 Å². The number of nitrogens with one attached hydrogen (secondary N) is 2. The molecule has 1 aromatic heterocycles. The molecule has 0 radical (unpaired) electrons. The van der Waals surface area contributed by atoms with E-state index in [1.807, 2.05) is 26.0 Å². The highest BCUT2D eigenvalue weighted by Crippen LogP contribution is 2.41. The van der Waals surface area contributed by atoms with Crippen LogP contribution in [0.4, 0.5) is 17.3 Å². The largest absolute Gasteiger partial charge is 0.395 e. The molecule has 1 unspecified atom stereocenters. The number of hydrogen-bond acceptors (Lipinski definition) is 7. The molecule has 0 fully saturated rings. The van der Waals surface area contributed by atoms with Crippen molar-refractivity contribution in [3.05, 3.63) is 64.8 Å². The van der Waals surface area contributed by atoms with Crippen molar-refractivity contribution in [1.29, 1.82) is 10.5 Å². The Hall–Kier alpha value is -3.94. The van der Waals surface area contributed by atoms with Crippen molar-refractivity contribution in [2.45, 2.75) is 19.3 Å². The Bertz CT molecular complexity index is 1220. The minimum Gasteiger partial charge on any atom is -0.395 e. The molecule has 1 atom stereocenters. The molecule has 0 saturated carbocycles. The summed E-state index contributed by atoms with van der Waals surface area (Å²) < 4.78 is 0. The summed E-state index contributed by atoms with van der Waals surface area (Å²) in [5, 5.41) is 35.1. The lowest BCUT2D eigenvalue weighted by molar-refractivity contribution is 0.219. The average Bonchev–Trinajstić information content (AvgIpc) is 3.12. The monoisotopic (exact) mass is 396 g/mol. The first-order valence-corrected chi connectivity index (χ1v) is 9.52. The number of anilines is 3. The number of fused-ring (bicyclic) bond motifs is 1. The molecule has 7 heteroatoms. The summed E-state index contributed by atoms with van der Waals surface area (Å²) in [6.07, 6.45) is 1.65. The van der Waals surface area contributed by atoms with Gasteiger partial charge in [-0.15, -0.1) is 0 Å². The first-order chi connectivity index (χ1) is 14.5. The molecule has 1 aliphatic heterocycles. The summed E-state index contributed by atoms with van der Waals surface area (Å²) in [5.41, 5.74) is 5.46. The molecule has 3 N–H and O–H groups in total. The molecule has 0 aliphatic carbocycles. The summed E-state index contributed by atoms with van der Waals surface area (Å²) in [4.78, 5) is 8.91. The molecule has 7 nitrogen and oxygen atoms in total. The molecule has 1 aliphatic rings. The number of nitrogens with zero attached hydrogens (tertiary/aromatic N) is 4. The normalized spacial score (nSPS) is 16.8. The van der Waals surface area contributed by atoms with Gasteiger partial charge in [-0.3, -0.25) is 0 Å². The van der Waals surface area contributed by atoms with Gasteiger partial charge in [0, 0.05) is 29.4 Å². The second-order valence-electron chi connectivity index (χ2n) is 7.66. The number of hydrogen-bond donors (Lipinski definition) is 3. The van der Waals surface area contributed by atoms with Crippen molar-refractivity contribution in [3.63, 3.8) is 0 Å². The van der Waals surface area contributed by atoms with Gasteiger partial charge in [0.1, 0.15) is 6.07 Å². The number of benzene rings is 2. The second kappa shape index (κ2) is 7.47. The number of aliphatic hydroxyl groups is 1. The van der Waals surface area contributed by atoms with Gasteiger partial charge in [-0.05, 0) is 48.4 Å². The highest BCUT2D eigenvalue weighted by atomic mass is 16.3. The third kappa shape index (κ3) is 3.32. The Morgan fingerprint density at radius 2 is 2.03 bits per heavy atom. The van der Waals surface area contributed by atoms with Crippen LogP contribution in [0.25, 0.3) is 11.3 Å². The molecule has 4 rings (SSSR count). The highest BCUT2D eigenvalue weighted by molar-refractivity contribution is 5.76. The van der Waals surface area contributed by atoms with E-state index in [4.69, 9.17) is 5.26 Å². The summed E-state index contributed by atoms with van der Waals surface area (Å²) in [5.74, 6) is 0.396. The minimum absolute atomic E-state index is 0.0214. The van der Waals surface area contributed by atoms with E-state index in [2.05, 4.69) is 32.7 Å². The number of aryl methyl sites for hydroxylation is 1. The van der Waals surface area contributed by atoms with Gasteiger partial charge in [0.2, 0.25) is 5.95 Å². The Balaban J connectivity index is 1.75. The fourth-order valence-electron chi connectivity index (χ4n) is 3.59. The molecule has 0 saturated heterocycles. The van der Waals surface area contributed by atoms with Gasteiger partial charge in [-0.2, -0.15) is 10.5 Å². The van der Waals surface area contributed by atoms with E-state index in [0.717, 1.165) is 28.1 Å². The van der Waals surface area contributed by atoms with Gasteiger partial charge < -0.3 is 15.7 Å². The lowest BCUT2D eigenvalue weighted by atomic mass is 9.83. The van der Waals surface area contributed by atoms with E-state index >= 15 is 0 Å². The Labute approximate surface area is 174 Å². The maximum atomic E-state index is 9.89. The Morgan fingerprint density at radius 3 is 2.77 bits per heavy atom. The van der Waals surface area contributed by atoms with Crippen LogP contribution in [0.5, 0.6) is 0 Å². The van der Waals surface area contributed by atoms with Crippen LogP contribution >= 0.6 is 0 Å². The smallest absolute Gasteiger partial charge is 0.227 e. The van der Waals surface area contributed by atoms with Crippen LogP contribution < -0.4 is 10.6 Å². The van der Waals surface area contributed by atoms with Crippen molar-refractivity contribution < 1.29 is 5.11 Å². The molecule has 0 bridgehead atoms. The van der Waals surface area contributed by atoms with Gasteiger partial charge in [-0.1, -0.05) is 13.0 Å². The topological polar surface area (TPSA) is 118 Å². The summed E-state index contributed by atoms with van der Waals surface area (Å²) in [6.45, 7) is 4.46. The van der Waals surface area contributed by atoms with Crippen LogP contribution in [0, 0.1) is 29.6 Å². The van der Waals surface area contributed by atoms with Crippen molar-refractivity contribution in [3.8, 4) is 23.4 Å². The minimum atomic E-state index is -0.458. The van der Waals surface area contributed by atoms with Crippen LogP contribution in [-0.4, -0.2) is 28.2 Å². The molecule has 2 heterocycles. The number of aliphatic hydroxyl groups excluding tert-OH is 1. The molecule has 3 aromatic rings. The second-order valence-corrected chi connectivity index (χ2v) is 7.66. The fraction of sp³-hybridized carbons (Fsp3) is 0.217. The maximum absolute atomic E-state index is 9.89. The van der Waals surface area contributed by atoms with Crippen molar-refractivity contribution >= 4 is 17.3 Å². The maximum Gasteiger partial charge on any atom is 0.227 e. The quantitative estimate of drug-likeness (QED) is 0.616. The number of aromatic nitrogens is 2. The van der Waals surface area contributed by atoms with Gasteiger partial charge >= 0.3 is 0 Å². The number of nitriles is 2. The van der Waals surface area contributed by atoms with Crippen LogP contribution in [0.2, 0.25) is 0 Å². The van der Waals surface area contributed by atoms with E-state index in [1.165, 1.54) is 0 Å². The van der Waals surface area contributed by atoms with Gasteiger partial charge in [0.25, 0.3) is 0 Å². The van der Waals surface area contributed by atoms with Crippen molar-refractivity contribution in [2.24, 2.45) is 0 Å². The predicted octanol–water partition coefficient (Wildman–Crippen LogP) is 3.61. The molecular formula is C23H20N6O. The fourth-order valence-corrected chi connectivity index (χ4v) is 3.59. The van der Waals surface area contributed by atoms with E-state index in [9.17, 15) is 10.4 Å². The molecule has 0 amide bonds. The van der Waals surface area contributed by atoms with Crippen LogP contribution in [0.1, 0.15) is 29.2 Å². The van der Waals surface area contributed by atoms with Crippen molar-refractivity contribution in [2.75, 3.05) is 23.8 Å².